The summed E-state index contributed by atoms with van der Waals surface area (Å²) in [6.45, 7) is 3.06. The minimum atomic E-state index is -0.0308. The average Bonchev–Trinajstić information content (AvgIpc) is 3.08. The third kappa shape index (κ3) is 3.58. The van der Waals surface area contributed by atoms with E-state index in [1.54, 1.807) is 0 Å². The number of nitrogens with one attached hydrogen (secondary N) is 1. The van der Waals surface area contributed by atoms with Crippen LogP contribution in [0.4, 0.5) is 0 Å². The Bertz CT molecular complexity index is 997. The third-order valence-corrected chi connectivity index (χ3v) is 6.23. The van der Waals surface area contributed by atoms with Crippen molar-refractivity contribution in [1.29, 1.82) is 0 Å². The van der Waals surface area contributed by atoms with Crippen LogP contribution in [0.5, 0.6) is 0 Å². The van der Waals surface area contributed by atoms with Crippen LogP contribution in [0.2, 0.25) is 0 Å². The van der Waals surface area contributed by atoms with Crippen molar-refractivity contribution in [1.82, 2.24) is 10.2 Å². The van der Waals surface area contributed by atoms with Gasteiger partial charge in [-0.25, -0.2) is 0 Å². The van der Waals surface area contributed by atoms with Crippen molar-refractivity contribution < 1.29 is 4.79 Å². The molecule has 2 aliphatic rings. The average molecular weight is 383 g/mol. The molecule has 1 aliphatic heterocycles. The molecule has 0 aromatic heterocycles. The summed E-state index contributed by atoms with van der Waals surface area (Å²) < 4.78 is 0. The van der Waals surface area contributed by atoms with Crippen molar-refractivity contribution in [2.75, 3.05) is 13.1 Å². The van der Waals surface area contributed by atoms with E-state index in [1.807, 2.05) is 0 Å². The standard InChI is InChI=1S/C26H26N2O/c29-25(14-7-16-28-17-15-19-8-1-2-9-20(19)18-28)27-26-23-12-5-3-10-21(23)22-11-4-6-13-24(22)26/h1-6,8-13,26H,7,14-18H2,(H,27,29). The predicted octanol–water partition coefficient (Wildman–Crippen LogP) is 4.71. The number of amides is 1. The van der Waals surface area contributed by atoms with Crippen LogP contribution in [0.25, 0.3) is 11.1 Å². The number of benzene rings is 3. The van der Waals surface area contributed by atoms with Gasteiger partial charge in [-0.2, -0.15) is 0 Å². The molecule has 1 amide bonds. The lowest BCUT2D eigenvalue weighted by Gasteiger charge is -2.28. The van der Waals surface area contributed by atoms with Crippen LogP contribution in [-0.4, -0.2) is 23.9 Å². The fourth-order valence-corrected chi connectivity index (χ4v) is 4.75. The molecule has 5 rings (SSSR count). The molecular weight excluding hydrogens is 356 g/mol. The first-order valence-electron chi connectivity index (χ1n) is 10.6. The minimum Gasteiger partial charge on any atom is -0.345 e. The molecule has 0 saturated carbocycles. The predicted molar refractivity (Wildman–Crippen MR) is 117 cm³/mol. The molecule has 3 nitrogen and oxygen atoms in total. The molecule has 3 aromatic rings. The fraction of sp³-hybridized carbons (Fsp3) is 0.269. The minimum absolute atomic E-state index is 0.0308. The second-order valence-electron chi connectivity index (χ2n) is 8.07. The van der Waals surface area contributed by atoms with Gasteiger partial charge in [-0.1, -0.05) is 72.8 Å². The Balaban J connectivity index is 1.19. The zero-order valence-electron chi connectivity index (χ0n) is 16.6. The van der Waals surface area contributed by atoms with Crippen molar-refractivity contribution in [3.8, 4) is 11.1 Å². The van der Waals surface area contributed by atoms with Gasteiger partial charge in [-0.05, 0) is 52.8 Å². The molecule has 0 unspecified atom stereocenters. The summed E-state index contributed by atoms with van der Waals surface area (Å²) in [5, 5.41) is 3.29. The van der Waals surface area contributed by atoms with Crippen LogP contribution in [-0.2, 0) is 17.8 Å². The van der Waals surface area contributed by atoms with Gasteiger partial charge in [-0.15, -0.1) is 0 Å². The molecule has 0 saturated heterocycles. The second kappa shape index (κ2) is 7.84. The number of carbonyl (C=O) groups is 1. The van der Waals surface area contributed by atoms with Crippen molar-refractivity contribution in [3.05, 3.63) is 95.1 Å². The first-order chi connectivity index (χ1) is 14.3. The van der Waals surface area contributed by atoms with Gasteiger partial charge in [0.05, 0.1) is 6.04 Å². The topological polar surface area (TPSA) is 32.3 Å². The fourth-order valence-electron chi connectivity index (χ4n) is 4.75. The molecular formula is C26H26N2O. The zero-order valence-corrected chi connectivity index (χ0v) is 16.6. The van der Waals surface area contributed by atoms with E-state index < -0.39 is 0 Å². The quantitative estimate of drug-likeness (QED) is 0.693. The molecule has 0 atom stereocenters. The molecule has 29 heavy (non-hydrogen) atoms. The summed E-state index contributed by atoms with van der Waals surface area (Å²) in [6.07, 6.45) is 2.57. The van der Waals surface area contributed by atoms with E-state index in [0.29, 0.717) is 6.42 Å². The van der Waals surface area contributed by atoms with Gasteiger partial charge >= 0.3 is 0 Å². The zero-order chi connectivity index (χ0) is 19.6. The highest BCUT2D eigenvalue weighted by atomic mass is 16.1. The van der Waals surface area contributed by atoms with Crippen molar-refractivity contribution in [2.45, 2.75) is 31.8 Å². The van der Waals surface area contributed by atoms with Crippen LogP contribution < -0.4 is 5.32 Å². The molecule has 1 heterocycles. The maximum atomic E-state index is 12.7. The third-order valence-electron chi connectivity index (χ3n) is 6.23. The maximum Gasteiger partial charge on any atom is 0.220 e. The Morgan fingerprint density at radius 1 is 0.862 bits per heavy atom. The van der Waals surface area contributed by atoms with E-state index in [-0.39, 0.29) is 11.9 Å². The van der Waals surface area contributed by atoms with Crippen LogP contribution in [0.3, 0.4) is 0 Å². The Morgan fingerprint density at radius 3 is 2.21 bits per heavy atom. The molecule has 0 fully saturated rings. The van der Waals surface area contributed by atoms with Crippen LogP contribution in [0, 0.1) is 0 Å². The molecule has 146 valence electrons. The van der Waals surface area contributed by atoms with E-state index in [1.165, 1.54) is 33.4 Å². The summed E-state index contributed by atoms with van der Waals surface area (Å²) in [4.78, 5) is 15.2. The molecule has 0 bridgehead atoms. The summed E-state index contributed by atoms with van der Waals surface area (Å²) in [7, 11) is 0. The first-order valence-corrected chi connectivity index (χ1v) is 10.6. The Morgan fingerprint density at radius 2 is 1.48 bits per heavy atom. The van der Waals surface area contributed by atoms with Crippen molar-refractivity contribution >= 4 is 5.91 Å². The van der Waals surface area contributed by atoms with E-state index in [4.69, 9.17) is 0 Å². The van der Waals surface area contributed by atoms with Gasteiger partial charge < -0.3 is 5.32 Å². The summed E-state index contributed by atoms with van der Waals surface area (Å²) in [5.41, 5.74) is 7.78. The Kier molecular flexibility index (Phi) is 4.91. The SMILES string of the molecule is O=C(CCCN1CCc2ccccc2C1)NC1c2ccccc2-c2ccccc21. The maximum absolute atomic E-state index is 12.7. The van der Waals surface area contributed by atoms with E-state index >= 15 is 0 Å². The first kappa shape index (κ1) is 18.1. The van der Waals surface area contributed by atoms with Gasteiger partial charge in [-0.3, -0.25) is 9.69 Å². The van der Waals surface area contributed by atoms with Crippen LogP contribution >= 0.6 is 0 Å². The van der Waals surface area contributed by atoms with Crippen molar-refractivity contribution in [3.63, 3.8) is 0 Å². The molecule has 1 N–H and O–H groups in total. The second-order valence-corrected chi connectivity index (χ2v) is 8.07. The number of hydrogen-bond donors (Lipinski definition) is 1. The van der Waals surface area contributed by atoms with Gasteiger partial charge in [0.25, 0.3) is 0 Å². The highest BCUT2D eigenvalue weighted by Crippen LogP contribution is 2.43. The van der Waals surface area contributed by atoms with E-state index in [0.717, 1.165) is 32.5 Å². The highest BCUT2D eigenvalue weighted by Gasteiger charge is 2.29. The largest absolute Gasteiger partial charge is 0.345 e. The number of rotatable bonds is 5. The molecule has 0 radical (unpaired) electrons. The highest BCUT2D eigenvalue weighted by molar-refractivity contribution is 5.83. The van der Waals surface area contributed by atoms with E-state index in [2.05, 4.69) is 83.0 Å². The van der Waals surface area contributed by atoms with Gasteiger partial charge in [0, 0.05) is 19.5 Å². The molecule has 1 aliphatic carbocycles. The molecule has 3 heteroatoms. The normalized spacial score (nSPS) is 15.4. The summed E-state index contributed by atoms with van der Waals surface area (Å²) in [6, 6.07) is 25.5. The van der Waals surface area contributed by atoms with Gasteiger partial charge in [0.1, 0.15) is 0 Å². The lowest BCUT2D eigenvalue weighted by atomic mass is 10.00. The van der Waals surface area contributed by atoms with Crippen LogP contribution in [0.1, 0.15) is 41.1 Å². The van der Waals surface area contributed by atoms with Gasteiger partial charge in [0.15, 0.2) is 0 Å². The molecule has 0 spiro atoms. The number of hydrogen-bond acceptors (Lipinski definition) is 2. The smallest absolute Gasteiger partial charge is 0.220 e. The summed E-state index contributed by atoms with van der Waals surface area (Å²) >= 11 is 0. The van der Waals surface area contributed by atoms with E-state index in [9.17, 15) is 4.79 Å². The monoisotopic (exact) mass is 382 g/mol. The summed E-state index contributed by atoms with van der Waals surface area (Å²) in [5.74, 6) is 0.138. The number of carbonyl (C=O) groups excluding carboxylic acids is 1. The lowest BCUT2D eigenvalue weighted by Crippen LogP contribution is -2.33. The molecule has 3 aromatic carbocycles. The number of nitrogens with zero attached hydrogens (tertiary/aromatic N) is 1. The lowest BCUT2D eigenvalue weighted by molar-refractivity contribution is -0.121. The van der Waals surface area contributed by atoms with Crippen molar-refractivity contribution in [2.24, 2.45) is 0 Å². The Labute approximate surface area is 172 Å². The Hall–Kier alpha value is -2.91. The van der Waals surface area contributed by atoms with Crippen LogP contribution in [0.15, 0.2) is 72.8 Å². The number of fused-ring (bicyclic) bond motifs is 4. The van der Waals surface area contributed by atoms with Gasteiger partial charge in [0.2, 0.25) is 5.91 Å².